The molecule has 0 aliphatic heterocycles. The summed E-state index contributed by atoms with van der Waals surface area (Å²) >= 11 is 0. The van der Waals surface area contributed by atoms with E-state index in [1.165, 1.54) is 0 Å². The number of nitrogens with zero attached hydrogens (tertiary/aromatic N) is 3. The van der Waals surface area contributed by atoms with Crippen molar-refractivity contribution in [3.8, 4) is 22.8 Å². The maximum absolute atomic E-state index is 5.29. The molecule has 0 bridgehead atoms. The van der Waals surface area contributed by atoms with Crippen LogP contribution in [-0.4, -0.2) is 29.0 Å². The predicted octanol–water partition coefficient (Wildman–Crippen LogP) is 3.24. The number of hydrogen-bond donors (Lipinski definition) is 1. The van der Waals surface area contributed by atoms with Gasteiger partial charge in [-0.2, -0.15) is 5.10 Å². The minimum Gasteiger partial charge on any atom is -0.497 e. The van der Waals surface area contributed by atoms with Crippen molar-refractivity contribution in [3.05, 3.63) is 48.8 Å². The molecule has 118 valence electrons. The van der Waals surface area contributed by atoms with Gasteiger partial charge in [-0.25, -0.2) is 0 Å². The second-order valence-corrected chi connectivity index (χ2v) is 5.01. The first-order valence-corrected chi connectivity index (χ1v) is 7.14. The molecule has 0 saturated carbocycles. The summed E-state index contributed by atoms with van der Waals surface area (Å²) < 4.78 is 12.4. The lowest BCUT2D eigenvalue weighted by Crippen LogP contribution is -1.99. The van der Waals surface area contributed by atoms with Crippen LogP contribution < -0.4 is 14.8 Å². The number of aromatic nitrogens is 3. The van der Waals surface area contributed by atoms with E-state index in [9.17, 15) is 0 Å². The minimum absolute atomic E-state index is 0.724. The van der Waals surface area contributed by atoms with E-state index < -0.39 is 0 Å². The van der Waals surface area contributed by atoms with Crippen LogP contribution in [0.25, 0.3) is 11.3 Å². The Hall–Kier alpha value is -3.02. The van der Waals surface area contributed by atoms with Crippen LogP contribution in [-0.2, 0) is 7.05 Å². The third-order valence-electron chi connectivity index (χ3n) is 3.46. The summed E-state index contributed by atoms with van der Waals surface area (Å²) in [4.78, 5) is 4.13. The van der Waals surface area contributed by atoms with Crippen molar-refractivity contribution in [2.75, 3.05) is 19.5 Å². The molecule has 0 amide bonds. The van der Waals surface area contributed by atoms with Gasteiger partial charge in [-0.1, -0.05) is 0 Å². The van der Waals surface area contributed by atoms with E-state index in [1.54, 1.807) is 31.3 Å². The Morgan fingerprint density at radius 1 is 1.04 bits per heavy atom. The predicted molar refractivity (Wildman–Crippen MR) is 89.3 cm³/mol. The molecule has 6 nitrogen and oxygen atoms in total. The second kappa shape index (κ2) is 6.39. The van der Waals surface area contributed by atoms with Gasteiger partial charge in [0.15, 0.2) is 0 Å². The number of methoxy groups -OCH3 is 2. The molecule has 3 aromatic rings. The monoisotopic (exact) mass is 310 g/mol. The van der Waals surface area contributed by atoms with Gasteiger partial charge < -0.3 is 14.8 Å². The van der Waals surface area contributed by atoms with Crippen LogP contribution in [0.15, 0.2) is 48.8 Å². The molecule has 0 fully saturated rings. The van der Waals surface area contributed by atoms with Gasteiger partial charge in [-0.15, -0.1) is 0 Å². The highest BCUT2D eigenvalue weighted by Crippen LogP contribution is 2.29. The number of anilines is 2. The molecular weight excluding hydrogens is 292 g/mol. The number of hydrogen-bond acceptors (Lipinski definition) is 5. The third kappa shape index (κ3) is 3.26. The van der Waals surface area contributed by atoms with Crippen molar-refractivity contribution in [3.63, 3.8) is 0 Å². The molecule has 0 radical (unpaired) electrons. The highest BCUT2D eigenvalue weighted by atomic mass is 16.5. The van der Waals surface area contributed by atoms with Crippen molar-refractivity contribution >= 4 is 11.5 Å². The first kappa shape index (κ1) is 14.9. The Balaban J connectivity index is 1.90. The van der Waals surface area contributed by atoms with Gasteiger partial charge >= 0.3 is 0 Å². The third-order valence-corrected chi connectivity index (χ3v) is 3.46. The summed E-state index contributed by atoms with van der Waals surface area (Å²) in [5, 5.41) is 7.85. The average molecular weight is 310 g/mol. The maximum Gasteiger partial charge on any atom is 0.128 e. The lowest BCUT2D eigenvalue weighted by atomic mass is 10.2. The largest absolute Gasteiger partial charge is 0.497 e. The summed E-state index contributed by atoms with van der Waals surface area (Å²) in [7, 11) is 5.14. The van der Waals surface area contributed by atoms with Crippen LogP contribution in [0.5, 0.6) is 11.5 Å². The molecule has 0 atom stereocenters. The molecule has 0 aliphatic carbocycles. The van der Waals surface area contributed by atoms with Crippen molar-refractivity contribution in [1.29, 1.82) is 0 Å². The van der Waals surface area contributed by atoms with Crippen molar-refractivity contribution in [2.24, 2.45) is 7.05 Å². The second-order valence-electron chi connectivity index (χ2n) is 5.01. The molecule has 1 N–H and O–H groups in total. The summed E-state index contributed by atoms with van der Waals surface area (Å²) in [6.07, 6.45) is 3.54. The number of aryl methyl sites for hydroxylation is 1. The summed E-state index contributed by atoms with van der Waals surface area (Å²) in [6.45, 7) is 0. The van der Waals surface area contributed by atoms with Crippen LogP contribution in [0.1, 0.15) is 0 Å². The quantitative estimate of drug-likeness (QED) is 0.784. The van der Waals surface area contributed by atoms with Gasteiger partial charge in [0, 0.05) is 55.0 Å². The molecule has 2 heterocycles. The van der Waals surface area contributed by atoms with Crippen molar-refractivity contribution < 1.29 is 9.47 Å². The van der Waals surface area contributed by atoms with E-state index in [0.29, 0.717) is 0 Å². The highest BCUT2D eigenvalue weighted by Gasteiger charge is 2.09. The van der Waals surface area contributed by atoms with Gasteiger partial charge in [0.2, 0.25) is 0 Å². The Bertz CT molecular complexity index is 777. The lowest BCUT2D eigenvalue weighted by molar-refractivity contribution is 0.395. The normalized spacial score (nSPS) is 10.4. The fraction of sp³-hybridized carbons (Fsp3) is 0.176. The zero-order valence-corrected chi connectivity index (χ0v) is 13.3. The molecule has 6 heteroatoms. The fourth-order valence-electron chi connectivity index (χ4n) is 2.27. The Labute approximate surface area is 134 Å². The van der Waals surface area contributed by atoms with Crippen LogP contribution in [0.3, 0.4) is 0 Å². The number of benzene rings is 1. The number of rotatable bonds is 5. The van der Waals surface area contributed by atoms with E-state index >= 15 is 0 Å². The molecule has 2 aromatic heterocycles. The lowest BCUT2D eigenvalue weighted by Gasteiger charge is -2.10. The van der Waals surface area contributed by atoms with Gasteiger partial charge in [-0.05, 0) is 12.1 Å². The zero-order chi connectivity index (χ0) is 16.2. The van der Waals surface area contributed by atoms with E-state index in [0.717, 1.165) is 34.3 Å². The van der Waals surface area contributed by atoms with Crippen LogP contribution in [0.4, 0.5) is 11.5 Å². The molecule has 1 aromatic carbocycles. The molecular formula is C17H18N4O2. The fourth-order valence-corrected chi connectivity index (χ4v) is 2.27. The van der Waals surface area contributed by atoms with E-state index in [1.807, 2.05) is 43.4 Å². The first-order valence-electron chi connectivity index (χ1n) is 7.14. The Morgan fingerprint density at radius 2 is 1.78 bits per heavy atom. The molecule has 0 unspecified atom stereocenters. The van der Waals surface area contributed by atoms with Crippen molar-refractivity contribution in [1.82, 2.24) is 14.8 Å². The molecule has 0 aliphatic rings. The van der Waals surface area contributed by atoms with Gasteiger partial charge in [-0.3, -0.25) is 9.67 Å². The average Bonchev–Trinajstić information content (AvgIpc) is 2.96. The van der Waals surface area contributed by atoms with Crippen LogP contribution in [0, 0.1) is 0 Å². The van der Waals surface area contributed by atoms with Crippen LogP contribution >= 0.6 is 0 Å². The Morgan fingerprint density at radius 3 is 2.39 bits per heavy atom. The molecule has 0 saturated heterocycles. The summed E-state index contributed by atoms with van der Waals surface area (Å²) in [6, 6.07) is 11.5. The van der Waals surface area contributed by atoms with Gasteiger partial charge in [0.25, 0.3) is 0 Å². The molecule has 3 rings (SSSR count). The van der Waals surface area contributed by atoms with Gasteiger partial charge in [0.1, 0.15) is 17.3 Å². The number of nitrogens with one attached hydrogen (secondary N) is 1. The van der Waals surface area contributed by atoms with E-state index in [2.05, 4.69) is 15.4 Å². The van der Waals surface area contributed by atoms with Crippen molar-refractivity contribution in [2.45, 2.75) is 0 Å². The van der Waals surface area contributed by atoms with Gasteiger partial charge in [0.05, 0.1) is 19.9 Å². The van der Waals surface area contributed by atoms with E-state index in [-0.39, 0.29) is 0 Å². The standard InChI is InChI=1S/C17H18N4O2/c1-21-17(10-16(20-21)12-5-4-6-18-11-12)19-13-7-14(22-2)9-15(8-13)23-3/h4-11,19H,1-3H3. The van der Waals surface area contributed by atoms with Crippen LogP contribution in [0.2, 0.25) is 0 Å². The SMILES string of the molecule is COc1cc(Nc2cc(-c3cccnc3)nn2C)cc(OC)c1. The zero-order valence-electron chi connectivity index (χ0n) is 13.3. The Kier molecular flexibility index (Phi) is 4.14. The summed E-state index contributed by atoms with van der Waals surface area (Å²) in [5.41, 5.74) is 2.69. The topological polar surface area (TPSA) is 61.2 Å². The molecule has 23 heavy (non-hydrogen) atoms. The molecule has 0 spiro atoms. The number of ether oxygens (including phenoxy) is 2. The number of pyridine rings is 1. The summed E-state index contributed by atoms with van der Waals surface area (Å²) in [5.74, 6) is 2.31. The first-order chi connectivity index (χ1) is 11.2. The highest BCUT2D eigenvalue weighted by molar-refractivity contribution is 5.67. The van der Waals surface area contributed by atoms with E-state index in [4.69, 9.17) is 9.47 Å². The smallest absolute Gasteiger partial charge is 0.128 e. The maximum atomic E-state index is 5.29. The minimum atomic E-state index is 0.724.